The van der Waals surface area contributed by atoms with E-state index in [1.54, 1.807) is 13.0 Å². The van der Waals surface area contributed by atoms with Gasteiger partial charge < -0.3 is 4.74 Å². The molecule has 0 aliphatic heterocycles. The van der Waals surface area contributed by atoms with Gasteiger partial charge in [-0.2, -0.15) is 0 Å². The highest BCUT2D eigenvalue weighted by Gasteiger charge is 1.61. The van der Waals surface area contributed by atoms with E-state index in [-0.39, 0.29) is 0 Å². The van der Waals surface area contributed by atoms with E-state index in [9.17, 15) is 4.79 Å². The lowest BCUT2D eigenvalue weighted by Crippen LogP contribution is -1.67. The van der Waals surface area contributed by atoms with Crippen LogP contribution in [0.4, 0.5) is 0 Å². The third-order valence-electron chi connectivity index (χ3n) is 0.342. The highest BCUT2D eigenvalue weighted by molar-refractivity contribution is 5.39. The summed E-state index contributed by atoms with van der Waals surface area (Å²) >= 11 is 0. The first-order valence-electron chi connectivity index (χ1n) is 1.80. The van der Waals surface area contributed by atoms with Crippen molar-refractivity contribution < 1.29 is 9.53 Å². The Morgan fingerprint density at radius 3 is 2.86 bits per heavy atom. The van der Waals surface area contributed by atoms with Gasteiger partial charge in [0.25, 0.3) is 0 Å². The van der Waals surface area contributed by atoms with Crippen molar-refractivity contribution in [3.8, 4) is 0 Å². The van der Waals surface area contributed by atoms with Gasteiger partial charge >= 0.3 is 6.47 Å². The molecule has 0 aliphatic rings. The van der Waals surface area contributed by atoms with E-state index in [0.717, 1.165) is 6.26 Å². The first-order chi connectivity index (χ1) is 3.41. The second kappa shape index (κ2) is 4.99. The maximum absolute atomic E-state index is 9.25. The molecule has 2 heteroatoms. The van der Waals surface area contributed by atoms with Gasteiger partial charge in [-0.1, -0.05) is 5.73 Å². The van der Waals surface area contributed by atoms with Crippen molar-refractivity contribution in [2.24, 2.45) is 0 Å². The molecule has 0 saturated carbocycles. The van der Waals surface area contributed by atoms with Gasteiger partial charge in [-0.05, 0) is 13.0 Å². The highest BCUT2D eigenvalue weighted by Crippen LogP contribution is 1.64. The van der Waals surface area contributed by atoms with E-state index >= 15 is 0 Å². The Morgan fingerprint density at radius 2 is 2.43 bits per heavy atom. The van der Waals surface area contributed by atoms with Crippen LogP contribution in [-0.2, 0) is 9.53 Å². The predicted molar refractivity (Wildman–Crippen MR) is 25.1 cm³/mol. The van der Waals surface area contributed by atoms with E-state index in [1.807, 2.05) is 0 Å². The first kappa shape index (κ1) is 5.99. The summed E-state index contributed by atoms with van der Waals surface area (Å²) in [6, 6.07) is 0. The SMILES string of the molecule is CC=C=CO[C]=O. The van der Waals surface area contributed by atoms with E-state index in [2.05, 4.69) is 10.5 Å². The van der Waals surface area contributed by atoms with Crippen molar-refractivity contribution in [3.63, 3.8) is 0 Å². The molecule has 0 N–H and O–H groups in total. The second-order valence-corrected chi connectivity index (χ2v) is 0.774. The van der Waals surface area contributed by atoms with Gasteiger partial charge in [0.2, 0.25) is 0 Å². The van der Waals surface area contributed by atoms with Crippen molar-refractivity contribution >= 4 is 6.47 Å². The zero-order valence-electron chi connectivity index (χ0n) is 3.97. The number of allylic oxidation sites excluding steroid dienone is 1. The molecule has 0 rings (SSSR count). The average Bonchev–Trinajstić information content (AvgIpc) is 1.69. The van der Waals surface area contributed by atoms with Crippen LogP contribution in [-0.4, -0.2) is 6.47 Å². The van der Waals surface area contributed by atoms with Gasteiger partial charge in [0.15, 0.2) is 0 Å². The van der Waals surface area contributed by atoms with Crippen molar-refractivity contribution in [1.29, 1.82) is 0 Å². The summed E-state index contributed by atoms with van der Waals surface area (Å²) in [5.41, 5.74) is 2.51. The Balaban J connectivity index is 3.27. The lowest BCUT2D eigenvalue weighted by molar-refractivity contribution is 0.399. The number of carbonyl (C=O) groups excluding carboxylic acids is 1. The van der Waals surface area contributed by atoms with Crippen molar-refractivity contribution in [3.05, 3.63) is 18.1 Å². The average molecular weight is 97.1 g/mol. The van der Waals surface area contributed by atoms with Crippen LogP contribution >= 0.6 is 0 Å². The third kappa shape index (κ3) is 4.99. The molecule has 0 spiro atoms. The fourth-order valence-corrected chi connectivity index (χ4v) is 0.126. The van der Waals surface area contributed by atoms with Crippen LogP contribution in [0.3, 0.4) is 0 Å². The molecule has 0 aromatic rings. The normalized spacial score (nSPS) is 5.86. The predicted octanol–water partition coefficient (Wildman–Crippen LogP) is 0.759. The minimum absolute atomic E-state index is 1.13. The van der Waals surface area contributed by atoms with Crippen LogP contribution in [0, 0.1) is 0 Å². The van der Waals surface area contributed by atoms with Crippen LogP contribution in [0.2, 0.25) is 0 Å². The minimum atomic E-state index is 1.13. The third-order valence-corrected chi connectivity index (χ3v) is 0.342. The molecule has 0 aliphatic carbocycles. The topological polar surface area (TPSA) is 26.3 Å². The number of hydrogen-bond acceptors (Lipinski definition) is 2. The summed E-state index contributed by atoms with van der Waals surface area (Å²) in [7, 11) is 0. The molecule has 1 radical (unpaired) electrons. The molecule has 37 valence electrons. The van der Waals surface area contributed by atoms with Gasteiger partial charge in [-0.3, -0.25) is 0 Å². The van der Waals surface area contributed by atoms with Crippen LogP contribution in [0.15, 0.2) is 18.1 Å². The monoisotopic (exact) mass is 97.0 g/mol. The molecule has 0 bridgehead atoms. The molecule has 7 heavy (non-hydrogen) atoms. The van der Waals surface area contributed by atoms with Crippen LogP contribution < -0.4 is 0 Å². The Hall–Kier alpha value is -1.01. The molecule has 0 heterocycles. The fourth-order valence-electron chi connectivity index (χ4n) is 0.126. The van der Waals surface area contributed by atoms with Gasteiger partial charge in [-0.25, -0.2) is 4.79 Å². The smallest absolute Gasteiger partial charge is 0.418 e. The molecular formula is C5H5O2. The molecule has 0 unspecified atom stereocenters. The Labute approximate surface area is 42.1 Å². The highest BCUT2D eigenvalue weighted by atomic mass is 16.5. The standard InChI is InChI=1S/C5H5O2/c1-2-3-4-7-5-6/h2,4H,1H3. The molecular weight excluding hydrogens is 92.1 g/mol. The minimum Gasteiger partial charge on any atom is -0.418 e. The molecule has 0 atom stereocenters. The van der Waals surface area contributed by atoms with Crippen LogP contribution in [0.5, 0.6) is 0 Å². The zero-order valence-corrected chi connectivity index (χ0v) is 3.97. The quantitative estimate of drug-likeness (QED) is 0.375. The molecule has 0 amide bonds. The number of rotatable bonds is 2. The summed E-state index contributed by atoms with van der Waals surface area (Å²) < 4.78 is 4.00. The Bertz CT molecular complexity index is 98.6. The maximum Gasteiger partial charge on any atom is 0.423 e. The summed E-state index contributed by atoms with van der Waals surface area (Å²) in [6.07, 6.45) is 2.75. The summed E-state index contributed by atoms with van der Waals surface area (Å²) in [5, 5.41) is 0. The summed E-state index contributed by atoms with van der Waals surface area (Å²) in [6.45, 7) is 2.98. The second-order valence-electron chi connectivity index (χ2n) is 0.774. The zero-order chi connectivity index (χ0) is 5.54. The van der Waals surface area contributed by atoms with Gasteiger partial charge in [-0.15, -0.1) is 0 Å². The molecule has 0 aromatic heterocycles. The largest absolute Gasteiger partial charge is 0.423 e. The van der Waals surface area contributed by atoms with E-state index in [1.165, 1.54) is 6.47 Å². The van der Waals surface area contributed by atoms with Gasteiger partial charge in [0, 0.05) is 0 Å². The molecule has 2 nitrogen and oxygen atoms in total. The Kier molecular flexibility index (Phi) is 4.27. The lowest BCUT2D eigenvalue weighted by Gasteiger charge is -1.70. The number of ether oxygens (including phenoxy) is 1. The van der Waals surface area contributed by atoms with Crippen molar-refractivity contribution in [1.82, 2.24) is 0 Å². The van der Waals surface area contributed by atoms with E-state index < -0.39 is 0 Å². The van der Waals surface area contributed by atoms with E-state index in [0.29, 0.717) is 0 Å². The fraction of sp³-hybridized carbons (Fsp3) is 0.200. The van der Waals surface area contributed by atoms with Crippen molar-refractivity contribution in [2.75, 3.05) is 0 Å². The number of hydrogen-bond donors (Lipinski definition) is 0. The first-order valence-corrected chi connectivity index (χ1v) is 1.80. The Morgan fingerprint density at radius 1 is 1.71 bits per heavy atom. The molecule has 0 saturated heterocycles. The summed E-state index contributed by atoms with van der Waals surface area (Å²) in [4.78, 5) is 9.25. The van der Waals surface area contributed by atoms with Crippen molar-refractivity contribution in [2.45, 2.75) is 6.92 Å². The van der Waals surface area contributed by atoms with Gasteiger partial charge in [0.05, 0.1) is 0 Å². The van der Waals surface area contributed by atoms with Crippen LogP contribution in [0.25, 0.3) is 0 Å². The molecule has 0 fully saturated rings. The molecule has 0 aromatic carbocycles. The summed E-state index contributed by atoms with van der Waals surface area (Å²) in [5.74, 6) is 0. The van der Waals surface area contributed by atoms with Gasteiger partial charge in [0.1, 0.15) is 6.26 Å². The lowest BCUT2D eigenvalue weighted by atomic mass is 10.7. The maximum atomic E-state index is 9.25. The van der Waals surface area contributed by atoms with Crippen LogP contribution in [0.1, 0.15) is 6.92 Å². The van der Waals surface area contributed by atoms with E-state index in [4.69, 9.17) is 0 Å².